The fraction of sp³-hybridized carbons (Fsp3) is 0.0952. The third kappa shape index (κ3) is 3.51. The normalized spacial score (nSPS) is 10.5. The average molecular weight is 320 g/mol. The first-order chi connectivity index (χ1) is 11.5. The molecule has 2 nitrogen and oxygen atoms in total. The molecular formula is C21H17FO2. The third-order valence-electron chi connectivity index (χ3n) is 3.86. The first-order valence-electron chi connectivity index (χ1n) is 7.68. The summed E-state index contributed by atoms with van der Waals surface area (Å²) in [5, 5.41) is 0. The van der Waals surface area contributed by atoms with Crippen molar-refractivity contribution in [3.05, 3.63) is 89.2 Å². The Bertz CT molecular complexity index is 865. The van der Waals surface area contributed by atoms with Crippen LogP contribution in [0.15, 0.2) is 66.7 Å². The van der Waals surface area contributed by atoms with Crippen LogP contribution in [0, 0.1) is 19.7 Å². The molecule has 0 N–H and O–H groups in total. The van der Waals surface area contributed by atoms with Crippen LogP contribution >= 0.6 is 0 Å². The van der Waals surface area contributed by atoms with E-state index in [0.29, 0.717) is 16.9 Å². The van der Waals surface area contributed by atoms with Crippen molar-refractivity contribution in [3.63, 3.8) is 0 Å². The van der Waals surface area contributed by atoms with Gasteiger partial charge in [-0.1, -0.05) is 42.0 Å². The highest BCUT2D eigenvalue weighted by Crippen LogP contribution is 2.24. The highest BCUT2D eigenvalue weighted by Gasteiger charge is 2.09. The van der Waals surface area contributed by atoms with Gasteiger partial charge in [0.25, 0.3) is 0 Å². The van der Waals surface area contributed by atoms with E-state index in [-0.39, 0.29) is 5.82 Å². The smallest absolute Gasteiger partial charge is 0.343 e. The number of aryl methyl sites for hydroxylation is 2. The molecule has 0 saturated carbocycles. The first-order valence-corrected chi connectivity index (χ1v) is 7.68. The Labute approximate surface area is 140 Å². The molecule has 0 spiro atoms. The Morgan fingerprint density at radius 1 is 0.833 bits per heavy atom. The Balaban J connectivity index is 1.75. The topological polar surface area (TPSA) is 26.3 Å². The minimum absolute atomic E-state index is 0.234. The number of hydrogen-bond acceptors (Lipinski definition) is 2. The lowest BCUT2D eigenvalue weighted by molar-refractivity contribution is 0.0735. The van der Waals surface area contributed by atoms with Gasteiger partial charge in [0.15, 0.2) is 0 Å². The summed E-state index contributed by atoms with van der Waals surface area (Å²) in [7, 11) is 0. The summed E-state index contributed by atoms with van der Waals surface area (Å²) in [5.41, 5.74) is 3.85. The molecule has 0 radical (unpaired) electrons. The van der Waals surface area contributed by atoms with Gasteiger partial charge >= 0.3 is 5.97 Å². The third-order valence-corrected chi connectivity index (χ3v) is 3.86. The predicted molar refractivity (Wildman–Crippen MR) is 92.7 cm³/mol. The Kier molecular flexibility index (Phi) is 4.43. The molecule has 3 rings (SSSR count). The second-order valence-corrected chi connectivity index (χ2v) is 5.74. The number of carbonyl (C=O) groups is 1. The second-order valence-electron chi connectivity index (χ2n) is 5.74. The van der Waals surface area contributed by atoms with Gasteiger partial charge in [0, 0.05) is 0 Å². The van der Waals surface area contributed by atoms with Gasteiger partial charge in [-0.05, 0) is 60.9 Å². The second kappa shape index (κ2) is 6.67. The van der Waals surface area contributed by atoms with Crippen LogP contribution in [0.1, 0.15) is 21.5 Å². The molecule has 0 amide bonds. The monoisotopic (exact) mass is 320 g/mol. The maximum atomic E-state index is 13.7. The SMILES string of the molecule is Cc1ccc(C(=O)Oc2ccc(-c3ccc(C)c(F)c3)cc2)cc1. The van der Waals surface area contributed by atoms with E-state index >= 15 is 0 Å². The van der Waals surface area contributed by atoms with Crippen molar-refractivity contribution in [2.45, 2.75) is 13.8 Å². The van der Waals surface area contributed by atoms with Crippen LogP contribution in [-0.4, -0.2) is 5.97 Å². The highest BCUT2D eigenvalue weighted by molar-refractivity contribution is 5.91. The van der Waals surface area contributed by atoms with E-state index in [4.69, 9.17) is 4.74 Å². The molecule has 24 heavy (non-hydrogen) atoms. The molecule has 0 aliphatic carbocycles. The lowest BCUT2D eigenvalue weighted by Gasteiger charge is -2.07. The fourth-order valence-electron chi connectivity index (χ4n) is 2.34. The van der Waals surface area contributed by atoms with E-state index in [0.717, 1.165) is 16.7 Å². The molecule has 3 aromatic carbocycles. The standard InChI is InChI=1S/C21H17FO2/c1-14-3-6-17(7-4-14)21(23)24-19-11-9-16(10-12-19)18-8-5-15(2)20(22)13-18/h3-13H,1-2H3. The van der Waals surface area contributed by atoms with Crippen LogP contribution in [0.2, 0.25) is 0 Å². The fourth-order valence-corrected chi connectivity index (χ4v) is 2.34. The van der Waals surface area contributed by atoms with Crippen molar-refractivity contribution in [3.8, 4) is 16.9 Å². The first kappa shape index (κ1) is 15.9. The van der Waals surface area contributed by atoms with Gasteiger partial charge in [0.1, 0.15) is 11.6 Å². The van der Waals surface area contributed by atoms with Gasteiger partial charge in [-0.25, -0.2) is 9.18 Å². The zero-order valence-electron chi connectivity index (χ0n) is 13.5. The quantitative estimate of drug-likeness (QED) is 0.482. The summed E-state index contributed by atoms with van der Waals surface area (Å²) in [4.78, 5) is 12.1. The van der Waals surface area contributed by atoms with Gasteiger partial charge in [0.2, 0.25) is 0 Å². The molecule has 0 bridgehead atoms. The maximum absolute atomic E-state index is 13.7. The van der Waals surface area contributed by atoms with Gasteiger partial charge < -0.3 is 4.74 Å². The van der Waals surface area contributed by atoms with Gasteiger partial charge in [-0.15, -0.1) is 0 Å². The number of halogens is 1. The number of hydrogen-bond donors (Lipinski definition) is 0. The van der Waals surface area contributed by atoms with E-state index in [2.05, 4.69) is 0 Å². The van der Waals surface area contributed by atoms with Crippen LogP contribution in [0.4, 0.5) is 4.39 Å². The summed E-state index contributed by atoms with van der Waals surface area (Å²) >= 11 is 0. The molecule has 120 valence electrons. The highest BCUT2D eigenvalue weighted by atomic mass is 19.1. The van der Waals surface area contributed by atoms with Crippen molar-refractivity contribution in [1.29, 1.82) is 0 Å². The molecule has 0 fully saturated rings. The zero-order chi connectivity index (χ0) is 17.1. The zero-order valence-corrected chi connectivity index (χ0v) is 13.5. The van der Waals surface area contributed by atoms with Gasteiger partial charge in [-0.2, -0.15) is 0 Å². The van der Waals surface area contributed by atoms with E-state index in [1.807, 2.05) is 37.3 Å². The number of carbonyl (C=O) groups excluding carboxylic acids is 1. The number of rotatable bonds is 3. The molecule has 3 aromatic rings. The summed E-state index contributed by atoms with van der Waals surface area (Å²) in [6, 6.07) is 19.4. The van der Waals surface area contributed by atoms with E-state index < -0.39 is 5.97 Å². The summed E-state index contributed by atoms with van der Waals surface area (Å²) in [6.45, 7) is 3.69. The van der Waals surface area contributed by atoms with Crippen molar-refractivity contribution < 1.29 is 13.9 Å². The minimum atomic E-state index is -0.399. The molecule has 0 unspecified atom stereocenters. The summed E-state index contributed by atoms with van der Waals surface area (Å²) in [5.74, 6) is -0.177. The van der Waals surface area contributed by atoms with Crippen LogP contribution in [-0.2, 0) is 0 Å². The largest absolute Gasteiger partial charge is 0.423 e. The van der Waals surface area contributed by atoms with Crippen molar-refractivity contribution >= 4 is 5.97 Å². The number of ether oxygens (including phenoxy) is 1. The van der Waals surface area contributed by atoms with E-state index in [1.165, 1.54) is 6.07 Å². The number of esters is 1. The molecule has 0 heterocycles. The van der Waals surface area contributed by atoms with Gasteiger partial charge in [-0.3, -0.25) is 0 Å². The molecule has 0 aliphatic rings. The lowest BCUT2D eigenvalue weighted by atomic mass is 10.0. The van der Waals surface area contributed by atoms with E-state index in [9.17, 15) is 9.18 Å². The summed E-state index contributed by atoms with van der Waals surface area (Å²) in [6.07, 6.45) is 0. The van der Waals surface area contributed by atoms with Crippen LogP contribution < -0.4 is 4.74 Å². The van der Waals surface area contributed by atoms with E-state index in [1.54, 1.807) is 37.3 Å². The Hall–Kier alpha value is -2.94. The van der Waals surface area contributed by atoms with Crippen molar-refractivity contribution in [2.24, 2.45) is 0 Å². The molecule has 0 saturated heterocycles. The van der Waals surface area contributed by atoms with Crippen molar-refractivity contribution in [2.75, 3.05) is 0 Å². The van der Waals surface area contributed by atoms with Crippen LogP contribution in [0.5, 0.6) is 5.75 Å². The Morgan fingerprint density at radius 3 is 2.08 bits per heavy atom. The molecular weight excluding hydrogens is 303 g/mol. The van der Waals surface area contributed by atoms with Crippen molar-refractivity contribution in [1.82, 2.24) is 0 Å². The van der Waals surface area contributed by atoms with Gasteiger partial charge in [0.05, 0.1) is 5.56 Å². The lowest BCUT2D eigenvalue weighted by Crippen LogP contribution is -2.08. The predicted octanol–water partition coefficient (Wildman–Crippen LogP) is 5.33. The average Bonchev–Trinajstić information content (AvgIpc) is 2.58. The van der Waals surface area contributed by atoms with Crippen LogP contribution in [0.25, 0.3) is 11.1 Å². The minimum Gasteiger partial charge on any atom is -0.423 e. The maximum Gasteiger partial charge on any atom is 0.343 e. The Morgan fingerprint density at radius 2 is 1.46 bits per heavy atom. The molecule has 0 aliphatic heterocycles. The summed E-state index contributed by atoms with van der Waals surface area (Å²) < 4.78 is 19.0. The molecule has 0 atom stereocenters. The molecule has 0 aromatic heterocycles. The number of benzene rings is 3. The van der Waals surface area contributed by atoms with Crippen LogP contribution in [0.3, 0.4) is 0 Å². The molecule has 3 heteroatoms.